The highest BCUT2D eigenvalue weighted by Gasteiger charge is 2.31. The fourth-order valence-corrected chi connectivity index (χ4v) is 4.42. The first-order chi connectivity index (χ1) is 15.2. The van der Waals surface area contributed by atoms with Crippen molar-refractivity contribution in [2.45, 2.75) is 33.2 Å². The van der Waals surface area contributed by atoms with Gasteiger partial charge < -0.3 is 10.0 Å². The number of likely N-dealkylation sites (N-methyl/N-ethyl adjacent to an activating group) is 1. The maximum Gasteiger partial charge on any atom is 0.275 e. The van der Waals surface area contributed by atoms with Crippen LogP contribution in [0, 0.1) is 5.82 Å². The number of carbonyl (C=O) groups excluding carboxylic acids is 1. The van der Waals surface area contributed by atoms with Gasteiger partial charge in [0, 0.05) is 23.4 Å². The summed E-state index contributed by atoms with van der Waals surface area (Å²) in [4.78, 5) is 14.7. The van der Waals surface area contributed by atoms with Gasteiger partial charge in [-0.2, -0.15) is 5.10 Å². The zero-order valence-corrected chi connectivity index (χ0v) is 18.6. The zero-order chi connectivity index (χ0) is 23.0. The van der Waals surface area contributed by atoms with Crippen LogP contribution in [0.2, 0.25) is 0 Å². The molecule has 1 aliphatic heterocycles. The number of amides is 1. The summed E-state index contributed by atoms with van der Waals surface area (Å²) in [5, 5.41) is 15.8. The molecule has 4 rings (SSSR count). The normalized spacial score (nSPS) is 15.0. The smallest absolute Gasteiger partial charge is 0.275 e. The minimum atomic E-state index is -0.571. The van der Waals surface area contributed by atoms with E-state index in [9.17, 15) is 14.3 Å². The predicted octanol–water partition coefficient (Wildman–Crippen LogP) is 5.47. The van der Waals surface area contributed by atoms with Crippen molar-refractivity contribution in [1.82, 2.24) is 5.43 Å². The van der Waals surface area contributed by atoms with Gasteiger partial charge in [0.1, 0.15) is 11.6 Å². The molecule has 2 N–H and O–H groups in total. The number of phenolic OH excluding ortho intramolecular Hbond substituents is 1. The third-order valence-corrected chi connectivity index (χ3v) is 5.89. The Labute approximate surface area is 186 Å². The maximum atomic E-state index is 14.9. The Morgan fingerprint density at radius 2 is 1.88 bits per heavy atom. The fourth-order valence-electron chi connectivity index (χ4n) is 4.42. The molecule has 0 spiro atoms. The molecule has 32 heavy (non-hydrogen) atoms. The van der Waals surface area contributed by atoms with Crippen LogP contribution in [-0.2, 0) is 0 Å². The lowest BCUT2D eigenvalue weighted by Gasteiger charge is -2.42. The number of carbonyl (C=O) groups is 1. The molecule has 0 unspecified atom stereocenters. The number of rotatable bonds is 4. The number of hydrogen-bond acceptors (Lipinski definition) is 4. The Hall–Kier alpha value is -3.67. The van der Waals surface area contributed by atoms with Crippen LogP contribution < -0.4 is 10.3 Å². The van der Waals surface area contributed by atoms with E-state index in [-0.39, 0.29) is 22.4 Å². The molecule has 0 saturated heterocycles. The Kier molecular flexibility index (Phi) is 5.46. The second kappa shape index (κ2) is 8.11. The van der Waals surface area contributed by atoms with Crippen molar-refractivity contribution >= 4 is 34.2 Å². The number of hydrogen-bond donors (Lipinski definition) is 2. The fraction of sp³-hybridized carbons (Fsp3) is 0.231. The number of benzene rings is 3. The minimum Gasteiger partial charge on any atom is -0.507 e. The van der Waals surface area contributed by atoms with Gasteiger partial charge in [-0.3, -0.25) is 4.79 Å². The number of halogens is 1. The number of hydrazone groups is 1. The van der Waals surface area contributed by atoms with Gasteiger partial charge in [-0.05, 0) is 68.3 Å². The summed E-state index contributed by atoms with van der Waals surface area (Å²) in [5.74, 6) is -1.13. The predicted molar refractivity (Wildman–Crippen MR) is 128 cm³/mol. The van der Waals surface area contributed by atoms with Gasteiger partial charge in [0.05, 0.1) is 17.3 Å². The second-order valence-electron chi connectivity index (χ2n) is 8.53. The van der Waals surface area contributed by atoms with E-state index in [1.807, 2.05) is 38.1 Å². The van der Waals surface area contributed by atoms with E-state index in [2.05, 4.69) is 35.4 Å². The molecule has 6 heteroatoms. The van der Waals surface area contributed by atoms with Crippen molar-refractivity contribution in [2.24, 2.45) is 5.10 Å². The topological polar surface area (TPSA) is 64.9 Å². The molecule has 3 aromatic carbocycles. The first kappa shape index (κ1) is 21.6. The SMILES string of the molecule is CCN1c2cc(F)c(/C=N\NC(=O)c3cc4ccccc4cc3O)cc2C(C)=CC1(C)C. The molecule has 164 valence electrons. The molecule has 1 aliphatic rings. The number of nitrogens with one attached hydrogen (secondary N) is 1. The zero-order valence-electron chi connectivity index (χ0n) is 18.6. The lowest BCUT2D eigenvalue weighted by Crippen LogP contribution is -2.45. The Balaban J connectivity index is 1.59. The largest absolute Gasteiger partial charge is 0.507 e. The molecule has 1 heterocycles. The number of nitrogens with zero attached hydrogens (tertiary/aromatic N) is 2. The molecule has 5 nitrogen and oxygen atoms in total. The van der Waals surface area contributed by atoms with Gasteiger partial charge in [-0.1, -0.05) is 30.3 Å². The molecule has 1 amide bonds. The summed E-state index contributed by atoms with van der Waals surface area (Å²) in [7, 11) is 0. The van der Waals surface area contributed by atoms with Crippen molar-refractivity contribution < 1.29 is 14.3 Å². The van der Waals surface area contributed by atoms with Crippen LogP contribution in [-0.4, -0.2) is 29.3 Å². The third kappa shape index (κ3) is 3.84. The average Bonchev–Trinajstić information content (AvgIpc) is 2.73. The second-order valence-corrected chi connectivity index (χ2v) is 8.53. The van der Waals surface area contributed by atoms with Crippen molar-refractivity contribution in [3.05, 3.63) is 77.1 Å². The van der Waals surface area contributed by atoms with Gasteiger partial charge in [-0.25, -0.2) is 9.82 Å². The summed E-state index contributed by atoms with van der Waals surface area (Å²) >= 11 is 0. The highest BCUT2D eigenvalue weighted by atomic mass is 19.1. The highest BCUT2D eigenvalue weighted by molar-refractivity contribution is 6.01. The van der Waals surface area contributed by atoms with Gasteiger partial charge in [-0.15, -0.1) is 0 Å². The average molecular weight is 432 g/mol. The molecule has 0 aromatic heterocycles. The van der Waals surface area contributed by atoms with E-state index < -0.39 is 11.7 Å². The van der Waals surface area contributed by atoms with Crippen molar-refractivity contribution in [3.8, 4) is 5.75 Å². The van der Waals surface area contributed by atoms with Crippen LogP contribution >= 0.6 is 0 Å². The molecular formula is C26H26FN3O2. The summed E-state index contributed by atoms with van der Waals surface area (Å²) in [6.45, 7) is 9.02. The third-order valence-electron chi connectivity index (χ3n) is 5.89. The maximum absolute atomic E-state index is 14.9. The number of aromatic hydroxyl groups is 1. The summed E-state index contributed by atoms with van der Waals surface area (Å²) in [6, 6.07) is 13.8. The van der Waals surface area contributed by atoms with E-state index in [1.54, 1.807) is 12.1 Å². The Morgan fingerprint density at radius 3 is 2.56 bits per heavy atom. The minimum absolute atomic E-state index is 0.103. The van der Waals surface area contributed by atoms with Gasteiger partial charge in [0.2, 0.25) is 0 Å². The van der Waals surface area contributed by atoms with Crippen molar-refractivity contribution in [3.63, 3.8) is 0 Å². The monoisotopic (exact) mass is 431 g/mol. The van der Waals surface area contributed by atoms with Crippen molar-refractivity contribution in [2.75, 3.05) is 11.4 Å². The van der Waals surface area contributed by atoms with Crippen LogP contribution in [0.4, 0.5) is 10.1 Å². The summed E-state index contributed by atoms with van der Waals surface area (Å²) in [5.41, 5.74) is 5.40. The van der Waals surface area contributed by atoms with Crippen LogP contribution in [0.5, 0.6) is 5.75 Å². The Morgan fingerprint density at radius 1 is 1.19 bits per heavy atom. The number of fused-ring (bicyclic) bond motifs is 2. The van der Waals surface area contributed by atoms with Crippen molar-refractivity contribution in [1.29, 1.82) is 0 Å². The van der Waals surface area contributed by atoms with E-state index in [1.165, 1.54) is 18.3 Å². The molecule has 0 radical (unpaired) electrons. The molecule has 3 aromatic rings. The molecule has 0 saturated carbocycles. The van der Waals surface area contributed by atoms with E-state index in [4.69, 9.17) is 0 Å². The number of anilines is 1. The first-order valence-electron chi connectivity index (χ1n) is 10.6. The standard InChI is InChI=1S/C26H26FN3O2/c1-5-30-23-13-22(27)19(11-20(23)16(2)14-26(30,3)4)15-28-29-25(32)21-10-17-8-6-7-9-18(17)12-24(21)31/h6-15,31H,5H2,1-4H3,(H,29,32)/b28-15-. The quantitative estimate of drug-likeness (QED) is 0.425. The first-order valence-corrected chi connectivity index (χ1v) is 10.6. The van der Waals surface area contributed by atoms with Gasteiger partial charge in [0.15, 0.2) is 0 Å². The molecule has 0 fully saturated rings. The van der Waals surface area contributed by atoms with Crippen LogP contribution in [0.15, 0.2) is 59.7 Å². The number of phenols is 1. The van der Waals surface area contributed by atoms with Gasteiger partial charge in [0.25, 0.3) is 5.91 Å². The lowest BCUT2D eigenvalue weighted by atomic mass is 9.88. The molecular weight excluding hydrogens is 405 g/mol. The number of allylic oxidation sites excluding steroid dienone is 1. The lowest BCUT2D eigenvalue weighted by molar-refractivity contribution is 0.0952. The summed E-state index contributed by atoms with van der Waals surface area (Å²) < 4.78 is 14.9. The van der Waals surface area contributed by atoms with Crippen LogP contribution in [0.1, 0.15) is 49.2 Å². The van der Waals surface area contributed by atoms with Crippen LogP contribution in [0.3, 0.4) is 0 Å². The highest BCUT2D eigenvalue weighted by Crippen LogP contribution is 2.39. The van der Waals surface area contributed by atoms with E-state index >= 15 is 0 Å². The van der Waals surface area contributed by atoms with E-state index in [0.29, 0.717) is 0 Å². The molecule has 0 aliphatic carbocycles. The molecule has 0 bridgehead atoms. The van der Waals surface area contributed by atoms with E-state index in [0.717, 1.165) is 34.1 Å². The molecule has 0 atom stereocenters. The summed E-state index contributed by atoms with van der Waals surface area (Å²) in [6.07, 6.45) is 3.46. The van der Waals surface area contributed by atoms with Crippen LogP contribution in [0.25, 0.3) is 16.3 Å². The Bertz CT molecular complexity index is 1280. The van der Waals surface area contributed by atoms with Gasteiger partial charge >= 0.3 is 0 Å².